The van der Waals surface area contributed by atoms with Crippen molar-refractivity contribution in [1.29, 1.82) is 0 Å². The third kappa shape index (κ3) is 4.35. The van der Waals surface area contributed by atoms with Gasteiger partial charge in [0.05, 0.1) is 13.2 Å². The lowest BCUT2D eigenvalue weighted by Crippen LogP contribution is -2.40. The number of hydrogen-bond acceptors (Lipinski definition) is 3. The normalized spacial score (nSPS) is 20.5. The number of urea groups is 1. The van der Waals surface area contributed by atoms with Crippen molar-refractivity contribution in [2.75, 3.05) is 31.6 Å². The Morgan fingerprint density at radius 2 is 1.83 bits per heavy atom. The van der Waals surface area contributed by atoms with Crippen LogP contribution in [0.5, 0.6) is 0 Å². The summed E-state index contributed by atoms with van der Waals surface area (Å²) in [5, 5.41) is 5.78. The maximum Gasteiger partial charge on any atom is 0.319 e. The van der Waals surface area contributed by atoms with Crippen LogP contribution in [0.3, 0.4) is 0 Å². The van der Waals surface area contributed by atoms with Crippen molar-refractivity contribution in [3.05, 3.63) is 42.0 Å². The molecule has 1 heterocycles. The Hall–Kier alpha value is -2.34. The number of benzene rings is 1. The van der Waals surface area contributed by atoms with Crippen LogP contribution in [0.15, 0.2) is 36.4 Å². The number of ether oxygens (including phenoxy) is 1. The standard InChI is InChI=1S/C18H23N3O3/c22-17(21-10-12-24-13-11-21)14-6-8-16(9-7-14)20-18(23)19-15-4-2-1-3-5-15/h1-2,6-9,15H,3-5,10-13H2,(H2,19,20,23)/t15-/m0/s1. The summed E-state index contributed by atoms with van der Waals surface area (Å²) < 4.78 is 5.26. The van der Waals surface area contributed by atoms with Gasteiger partial charge in [-0.15, -0.1) is 0 Å². The molecular weight excluding hydrogens is 306 g/mol. The average Bonchev–Trinajstić information content (AvgIpc) is 2.63. The molecule has 2 N–H and O–H groups in total. The minimum Gasteiger partial charge on any atom is -0.378 e. The van der Waals surface area contributed by atoms with E-state index in [9.17, 15) is 9.59 Å². The zero-order chi connectivity index (χ0) is 16.8. The van der Waals surface area contributed by atoms with Gasteiger partial charge in [0.15, 0.2) is 0 Å². The number of rotatable bonds is 3. The van der Waals surface area contributed by atoms with Gasteiger partial charge in [-0.3, -0.25) is 4.79 Å². The van der Waals surface area contributed by atoms with Gasteiger partial charge in [-0.25, -0.2) is 4.79 Å². The Morgan fingerprint density at radius 3 is 2.50 bits per heavy atom. The van der Waals surface area contributed by atoms with Crippen molar-refractivity contribution in [3.63, 3.8) is 0 Å². The first kappa shape index (κ1) is 16.5. The molecule has 0 spiro atoms. The molecule has 3 amide bonds. The minimum absolute atomic E-state index is 0.00305. The number of anilines is 1. The number of hydrogen-bond donors (Lipinski definition) is 2. The van der Waals surface area contributed by atoms with E-state index in [0.717, 1.165) is 19.3 Å². The number of nitrogens with zero attached hydrogens (tertiary/aromatic N) is 1. The fraction of sp³-hybridized carbons (Fsp3) is 0.444. The predicted octanol–water partition coefficient (Wildman–Crippen LogP) is 2.39. The fourth-order valence-corrected chi connectivity index (χ4v) is 2.92. The summed E-state index contributed by atoms with van der Waals surface area (Å²) in [4.78, 5) is 26.2. The maximum atomic E-state index is 12.4. The van der Waals surface area contributed by atoms with E-state index in [-0.39, 0.29) is 18.0 Å². The van der Waals surface area contributed by atoms with Crippen molar-refractivity contribution in [1.82, 2.24) is 10.2 Å². The lowest BCUT2D eigenvalue weighted by atomic mass is 10.0. The largest absolute Gasteiger partial charge is 0.378 e. The molecule has 0 aromatic heterocycles. The zero-order valence-corrected chi connectivity index (χ0v) is 13.7. The number of carbonyl (C=O) groups excluding carboxylic acids is 2. The molecule has 1 fully saturated rings. The van der Waals surface area contributed by atoms with Gasteiger partial charge in [0.1, 0.15) is 0 Å². The quantitative estimate of drug-likeness (QED) is 0.837. The number of morpholine rings is 1. The second-order valence-corrected chi connectivity index (χ2v) is 6.06. The molecule has 6 nitrogen and oxygen atoms in total. The van der Waals surface area contributed by atoms with Crippen molar-refractivity contribution in [3.8, 4) is 0 Å². The number of nitrogens with one attached hydrogen (secondary N) is 2. The molecule has 1 atom stereocenters. The van der Waals surface area contributed by atoms with Crippen molar-refractivity contribution < 1.29 is 14.3 Å². The molecule has 0 bridgehead atoms. The number of carbonyl (C=O) groups is 2. The van der Waals surface area contributed by atoms with Gasteiger partial charge >= 0.3 is 6.03 Å². The molecule has 1 aromatic carbocycles. The third-order valence-corrected chi connectivity index (χ3v) is 4.29. The van der Waals surface area contributed by atoms with E-state index >= 15 is 0 Å². The van der Waals surface area contributed by atoms with Gasteiger partial charge in [0, 0.05) is 30.4 Å². The van der Waals surface area contributed by atoms with Crippen LogP contribution in [0, 0.1) is 0 Å². The van der Waals surface area contributed by atoms with E-state index in [1.807, 2.05) is 0 Å². The van der Waals surface area contributed by atoms with Crippen LogP contribution in [0.25, 0.3) is 0 Å². The van der Waals surface area contributed by atoms with Crippen LogP contribution < -0.4 is 10.6 Å². The molecule has 1 saturated heterocycles. The van der Waals surface area contributed by atoms with E-state index in [1.54, 1.807) is 29.2 Å². The molecule has 1 aliphatic carbocycles. The molecule has 1 aliphatic heterocycles. The van der Waals surface area contributed by atoms with Crippen LogP contribution in [0.4, 0.5) is 10.5 Å². The summed E-state index contributed by atoms with van der Waals surface area (Å²) in [5.41, 5.74) is 1.30. The zero-order valence-electron chi connectivity index (χ0n) is 13.7. The fourth-order valence-electron chi connectivity index (χ4n) is 2.92. The van der Waals surface area contributed by atoms with Crippen molar-refractivity contribution >= 4 is 17.6 Å². The highest BCUT2D eigenvalue weighted by Gasteiger charge is 2.18. The molecule has 24 heavy (non-hydrogen) atoms. The van der Waals surface area contributed by atoms with Gasteiger partial charge in [0.2, 0.25) is 0 Å². The van der Waals surface area contributed by atoms with Gasteiger partial charge in [-0.2, -0.15) is 0 Å². The molecule has 6 heteroatoms. The average molecular weight is 329 g/mol. The van der Waals surface area contributed by atoms with Crippen LogP contribution in [-0.2, 0) is 4.74 Å². The Labute approximate surface area is 141 Å². The molecule has 3 rings (SSSR count). The van der Waals surface area contributed by atoms with E-state index in [1.165, 1.54) is 0 Å². The number of allylic oxidation sites excluding steroid dienone is 1. The Kier molecular flexibility index (Phi) is 5.48. The van der Waals surface area contributed by atoms with Crippen molar-refractivity contribution in [2.24, 2.45) is 0 Å². The van der Waals surface area contributed by atoms with E-state index < -0.39 is 0 Å². The topological polar surface area (TPSA) is 70.7 Å². The van der Waals surface area contributed by atoms with Crippen LogP contribution in [-0.4, -0.2) is 49.2 Å². The van der Waals surface area contributed by atoms with Crippen LogP contribution in [0.1, 0.15) is 29.6 Å². The first-order chi connectivity index (χ1) is 11.7. The Morgan fingerprint density at radius 1 is 1.08 bits per heavy atom. The molecule has 0 saturated carbocycles. The van der Waals surface area contributed by atoms with E-state index in [2.05, 4.69) is 22.8 Å². The summed E-state index contributed by atoms with van der Waals surface area (Å²) in [6, 6.07) is 7.00. The monoisotopic (exact) mass is 329 g/mol. The Bertz CT molecular complexity index is 606. The smallest absolute Gasteiger partial charge is 0.319 e. The van der Waals surface area contributed by atoms with Gasteiger partial charge in [-0.05, 0) is 43.5 Å². The Balaban J connectivity index is 1.53. The lowest BCUT2D eigenvalue weighted by molar-refractivity contribution is 0.0303. The molecule has 0 unspecified atom stereocenters. The van der Waals surface area contributed by atoms with Crippen molar-refractivity contribution in [2.45, 2.75) is 25.3 Å². The van der Waals surface area contributed by atoms with Gasteiger partial charge in [-0.1, -0.05) is 12.2 Å². The van der Waals surface area contributed by atoms with Gasteiger partial charge < -0.3 is 20.3 Å². The first-order valence-corrected chi connectivity index (χ1v) is 8.42. The predicted molar refractivity (Wildman–Crippen MR) is 92.1 cm³/mol. The molecular formula is C18H23N3O3. The SMILES string of the molecule is O=C(Nc1ccc(C(=O)N2CCOCC2)cc1)N[C@H]1CC=CCC1. The lowest BCUT2D eigenvalue weighted by Gasteiger charge is -2.26. The van der Waals surface area contributed by atoms with E-state index in [0.29, 0.717) is 37.6 Å². The molecule has 1 aromatic rings. The number of amides is 3. The maximum absolute atomic E-state index is 12.4. The second kappa shape index (κ2) is 7.97. The second-order valence-electron chi connectivity index (χ2n) is 6.06. The summed E-state index contributed by atoms with van der Waals surface area (Å²) in [7, 11) is 0. The van der Waals surface area contributed by atoms with Crippen LogP contribution in [0.2, 0.25) is 0 Å². The molecule has 128 valence electrons. The minimum atomic E-state index is -0.206. The van der Waals surface area contributed by atoms with E-state index in [4.69, 9.17) is 4.74 Å². The van der Waals surface area contributed by atoms with Crippen LogP contribution >= 0.6 is 0 Å². The summed E-state index contributed by atoms with van der Waals surface area (Å²) in [6.45, 7) is 2.41. The molecule has 0 radical (unpaired) electrons. The molecule has 2 aliphatic rings. The third-order valence-electron chi connectivity index (χ3n) is 4.29. The summed E-state index contributed by atoms with van der Waals surface area (Å²) in [6.07, 6.45) is 7.08. The summed E-state index contributed by atoms with van der Waals surface area (Å²) in [5.74, 6) is 0.00305. The summed E-state index contributed by atoms with van der Waals surface area (Å²) >= 11 is 0. The highest BCUT2D eigenvalue weighted by Crippen LogP contribution is 2.14. The highest BCUT2D eigenvalue weighted by molar-refractivity contribution is 5.95. The highest BCUT2D eigenvalue weighted by atomic mass is 16.5. The first-order valence-electron chi connectivity index (χ1n) is 8.42. The van der Waals surface area contributed by atoms with Gasteiger partial charge in [0.25, 0.3) is 5.91 Å².